The maximum absolute atomic E-state index is 12.9. The molecule has 1 atom stereocenters. The highest BCUT2D eigenvalue weighted by Gasteiger charge is 2.19. The summed E-state index contributed by atoms with van der Waals surface area (Å²) in [4.78, 5) is 38.2. The molecule has 0 radical (unpaired) electrons. The summed E-state index contributed by atoms with van der Waals surface area (Å²) in [5.74, 6) is -0.890. The van der Waals surface area contributed by atoms with E-state index in [-0.39, 0.29) is 31.1 Å². The summed E-state index contributed by atoms with van der Waals surface area (Å²) >= 11 is 0. The normalized spacial score (nSPS) is 12.8. The highest BCUT2D eigenvalue weighted by atomic mass is 16.6. The Bertz CT molecular complexity index is 1570. The molecular weight excluding hydrogens is 961 g/mol. The molecule has 446 valence electrons. The average molecular weight is 1080 g/mol. The molecule has 0 aliphatic rings. The van der Waals surface area contributed by atoms with Crippen molar-refractivity contribution < 1.29 is 28.6 Å². The number of hydrogen-bond acceptors (Lipinski definition) is 6. The summed E-state index contributed by atoms with van der Waals surface area (Å²) in [5, 5.41) is 0. The lowest BCUT2D eigenvalue weighted by Crippen LogP contribution is -2.30. The van der Waals surface area contributed by atoms with Crippen molar-refractivity contribution in [2.75, 3.05) is 13.2 Å². The van der Waals surface area contributed by atoms with E-state index < -0.39 is 6.10 Å². The van der Waals surface area contributed by atoms with Crippen LogP contribution in [0, 0.1) is 0 Å². The second-order valence-corrected chi connectivity index (χ2v) is 21.7. The predicted molar refractivity (Wildman–Crippen MR) is 339 cm³/mol. The van der Waals surface area contributed by atoms with E-state index in [9.17, 15) is 14.4 Å². The van der Waals surface area contributed by atoms with E-state index in [1.165, 1.54) is 135 Å². The molecule has 0 aromatic heterocycles. The number of allylic oxidation sites excluding steroid dienone is 18. The Morgan fingerprint density at radius 3 is 0.782 bits per heavy atom. The average Bonchev–Trinajstić information content (AvgIpc) is 3.44. The lowest BCUT2D eigenvalue weighted by molar-refractivity contribution is -0.167. The minimum atomic E-state index is -0.784. The molecule has 0 fully saturated rings. The maximum atomic E-state index is 12.9. The first-order valence-electron chi connectivity index (χ1n) is 32.9. The van der Waals surface area contributed by atoms with Gasteiger partial charge in [0.2, 0.25) is 0 Å². The fourth-order valence-corrected chi connectivity index (χ4v) is 9.14. The predicted octanol–water partition coefficient (Wildman–Crippen LogP) is 22.6. The Balaban J connectivity index is 4.27. The van der Waals surface area contributed by atoms with Crippen molar-refractivity contribution in [3.8, 4) is 0 Å². The molecule has 0 aromatic rings. The molecule has 0 saturated carbocycles. The van der Waals surface area contributed by atoms with Crippen LogP contribution in [0.2, 0.25) is 0 Å². The molecule has 0 bridgehead atoms. The highest BCUT2D eigenvalue weighted by molar-refractivity contribution is 5.71. The largest absolute Gasteiger partial charge is 0.462 e. The zero-order chi connectivity index (χ0) is 56.4. The highest BCUT2D eigenvalue weighted by Crippen LogP contribution is 2.16. The van der Waals surface area contributed by atoms with Crippen molar-refractivity contribution in [1.82, 2.24) is 0 Å². The van der Waals surface area contributed by atoms with Gasteiger partial charge in [0.1, 0.15) is 13.2 Å². The van der Waals surface area contributed by atoms with Crippen LogP contribution in [0.1, 0.15) is 310 Å². The van der Waals surface area contributed by atoms with Crippen LogP contribution in [-0.2, 0) is 28.6 Å². The molecular formula is C72H122O6. The van der Waals surface area contributed by atoms with Crippen LogP contribution in [0.4, 0.5) is 0 Å². The monoisotopic (exact) mass is 1080 g/mol. The summed E-state index contributed by atoms with van der Waals surface area (Å²) in [6.07, 6.45) is 89.6. The summed E-state index contributed by atoms with van der Waals surface area (Å²) in [7, 11) is 0. The third kappa shape index (κ3) is 62.9. The van der Waals surface area contributed by atoms with Crippen LogP contribution in [0.3, 0.4) is 0 Å². The van der Waals surface area contributed by atoms with Gasteiger partial charge in [-0.2, -0.15) is 0 Å². The zero-order valence-corrected chi connectivity index (χ0v) is 51.2. The molecule has 78 heavy (non-hydrogen) atoms. The first-order valence-corrected chi connectivity index (χ1v) is 32.9. The number of ether oxygens (including phenoxy) is 3. The maximum Gasteiger partial charge on any atom is 0.306 e. The van der Waals surface area contributed by atoms with Gasteiger partial charge in [-0.05, 0) is 89.9 Å². The topological polar surface area (TPSA) is 78.9 Å². The van der Waals surface area contributed by atoms with E-state index in [1.807, 2.05) is 0 Å². The van der Waals surface area contributed by atoms with Crippen LogP contribution in [0.5, 0.6) is 0 Å². The molecule has 0 rings (SSSR count). The van der Waals surface area contributed by atoms with E-state index in [0.717, 1.165) is 135 Å². The van der Waals surface area contributed by atoms with Crippen molar-refractivity contribution in [1.29, 1.82) is 0 Å². The van der Waals surface area contributed by atoms with E-state index in [4.69, 9.17) is 14.2 Å². The minimum absolute atomic E-state index is 0.0801. The van der Waals surface area contributed by atoms with Gasteiger partial charge in [-0.1, -0.05) is 310 Å². The molecule has 0 amide bonds. The summed E-state index contributed by atoms with van der Waals surface area (Å²) < 4.78 is 16.9. The molecule has 0 heterocycles. The quantitative estimate of drug-likeness (QED) is 0.0261. The molecule has 0 aliphatic carbocycles. The van der Waals surface area contributed by atoms with Crippen LogP contribution in [0.25, 0.3) is 0 Å². The number of carbonyl (C=O) groups is 3. The molecule has 6 heteroatoms. The number of unbranched alkanes of at least 4 members (excludes halogenated alkanes) is 30. The summed E-state index contributed by atoms with van der Waals surface area (Å²) in [6.45, 7) is 6.53. The van der Waals surface area contributed by atoms with Crippen molar-refractivity contribution >= 4 is 17.9 Å². The summed E-state index contributed by atoms with van der Waals surface area (Å²) in [6, 6.07) is 0. The Morgan fingerprint density at radius 1 is 0.269 bits per heavy atom. The molecule has 1 unspecified atom stereocenters. The van der Waals surface area contributed by atoms with Crippen molar-refractivity contribution in [2.24, 2.45) is 0 Å². The molecule has 0 N–H and O–H groups in total. The second-order valence-electron chi connectivity index (χ2n) is 21.7. The molecule has 0 aromatic carbocycles. The third-order valence-electron chi connectivity index (χ3n) is 14.0. The molecule has 0 aliphatic heterocycles. The molecule has 0 spiro atoms. The van der Waals surface area contributed by atoms with Gasteiger partial charge in [-0.3, -0.25) is 14.4 Å². The Kier molecular flexibility index (Phi) is 62.3. The van der Waals surface area contributed by atoms with Gasteiger partial charge in [0, 0.05) is 19.3 Å². The summed E-state index contributed by atoms with van der Waals surface area (Å²) in [5.41, 5.74) is 0. The molecule has 0 saturated heterocycles. The standard InChI is InChI=1S/C72H122O6/c1-4-7-10-13-16-19-22-24-26-28-29-30-31-32-33-34-35-36-37-38-39-40-41-42-43-44-46-47-50-53-56-59-62-65-71(74)77-68-69(67-76-70(73)64-61-58-55-52-49-21-18-15-12-9-6-3)78-72(75)66-63-60-57-54-51-48-45-27-25-23-20-17-14-11-8-5-2/h7,10,16,19,24,26,29-30,32-33,35-36,38-39,41-42,44,46,69H,4-6,8-9,11-15,17-18,20-23,25,27-28,31,34,37,40,43,45,47-68H2,1-3H3/b10-7-,19-16-,26-24-,30-29-,33-32-,36-35-,39-38-,42-41-,46-44-. The van der Waals surface area contributed by atoms with E-state index in [1.54, 1.807) is 0 Å². The molecule has 6 nitrogen and oxygen atoms in total. The number of carbonyl (C=O) groups excluding carboxylic acids is 3. The van der Waals surface area contributed by atoms with Crippen LogP contribution in [-0.4, -0.2) is 37.2 Å². The first-order chi connectivity index (χ1) is 38.5. The Labute approximate surface area is 482 Å². The SMILES string of the molecule is CC/C=C\C/C=C\C/C=C\C/C=C\C/C=C\C/C=C\C/C=C\C/C=C\C/C=C\CCCCCCCC(=O)OCC(COC(=O)CCCCCCCCCCCCC)OC(=O)CCCCCCCCCCCCCCCCCC. The fourth-order valence-electron chi connectivity index (χ4n) is 9.14. The Morgan fingerprint density at radius 2 is 0.500 bits per heavy atom. The second kappa shape index (κ2) is 65.6. The van der Waals surface area contributed by atoms with Crippen LogP contribution < -0.4 is 0 Å². The van der Waals surface area contributed by atoms with Crippen molar-refractivity contribution in [2.45, 2.75) is 316 Å². The number of hydrogen-bond donors (Lipinski definition) is 0. The Hall–Kier alpha value is -3.93. The van der Waals surface area contributed by atoms with Gasteiger partial charge in [0.15, 0.2) is 6.10 Å². The van der Waals surface area contributed by atoms with E-state index in [0.29, 0.717) is 19.3 Å². The van der Waals surface area contributed by atoms with E-state index in [2.05, 4.69) is 130 Å². The smallest absolute Gasteiger partial charge is 0.306 e. The van der Waals surface area contributed by atoms with Crippen LogP contribution in [0.15, 0.2) is 109 Å². The first kappa shape index (κ1) is 74.1. The van der Waals surface area contributed by atoms with Gasteiger partial charge < -0.3 is 14.2 Å². The van der Waals surface area contributed by atoms with Crippen LogP contribution >= 0.6 is 0 Å². The van der Waals surface area contributed by atoms with Gasteiger partial charge >= 0.3 is 17.9 Å². The number of rotatable bonds is 59. The lowest BCUT2D eigenvalue weighted by Gasteiger charge is -2.18. The van der Waals surface area contributed by atoms with Gasteiger partial charge in [-0.25, -0.2) is 0 Å². The van der Waals surface area contributed by atoms with E-state index >= 15 is 0 Å². The fraction of sp³-hybridized carbons (Fsp3) is 0.708. The van der Waals surface area contributed by atoms with Gasteiger partial charge in [-0.15, -0.1) is 0 Å². The number of esters is 3. The minimum Gasteiger partial charge on any atom is -0.462 e. The van der Waals surface area contributed by atoms with Gasteiger partial charge in [0.25, 0.3) is 0 Å². The lowest BCUT2D eigenvalue weighted by atomic mass is 10.0. The van der Waals surface area contributed by atoms with Gasteiger partial charge in [0.05, 0.1) is 0 Å². The van der Waals surface area contributed by atoms with Crippen molar-refractivity contribution in [3.05, 3.63) is 109 Å². The zero-order valence-electron chi connectivity index (χ0n) is 51.2. The van der Waals surface area contributed by atoms with Crippen molar-refractivity contribution in [3.63, 3.8) is 0 Å². The third-order valence-corrected chi connectivity index (χ3v) is 14.0.